The number of rotatable bonds is 7. The molecule has 0 aliphatic rings. The summed E-state index contributed by atoms with van der Waals surface area (Å²) in [6.45, 7) is 0. The third-order valence-electron chi connectivity index (χ3n) is 11.2. The van der Waals surface area contributed by atoms with Crippen LogP contribution >= 0.6 is 0 Å². The molecule has 0 bridgehead atoms. The molecule has 0 N–H and O–H groups in total. The van der Waals surface area contributed by atoms with Crippen molar-refractivity contribution in [3.8, 4) is 78.7 Å². The van der Waals surface area contributed by atoms with Crippen LogP contribution in [-0.2, 0) is 0 Å². The van der Waals surface area contributed by atoms with E-state index >= 15 is 0 Å². The lowest BCUT2D eigenvalue weighted by molar-refractivity contribution is 0.668. The summed E-state index contributed by atoms with van der Waals surface area (Å²) in [6, 6.07) is 55.2. The van der Waals surface area contributed by atoms with Gasteiger partial charge in [-0.25, -0.2) is 15.0 Å². The minimum Gasteiger partial charge on any atom is -0.456 e. The second-order valence-electron chi connectivity index (χ2n) is 15.1. The SMILES string of the molecule is [2H]c1c(-c2cccc(-c3ccccc3)c2)c([2H])c2c(oc3c([2H])c(-c4nc(-c5cc(-c6ccccc6)cc(-c6ccccc6)c5)nc(-c5cccc6c5oc5ccccc56)n4)c([2H])c([2H])c32)c1[2H]. The average molecular weight is 800 g/mol. The van der Waals surface area contributed by atoms with Crippen LogP contribution in [0.4, 0.5) is 0 Å². The molecule has 0 saturated carbocycles. The van der Waals surface area contributed by atoms with Crippen LogP contribution in [0.15, 0.2) is 221 Å². The maximum absolute atomic E-state index is 9.74. The summed E-state index contributed by atoms with van der Waals surface area (Å²) in [5.74, 6) is 0.428. The molecule has 0 atom stereocenters. The van der Waals surface area contributed by atoms with E-state index in [1.807, 2.05) is 164 Å². The zero-order valence-corrected chi connectivity index (χ0v) is 32.9. The van der Waals surface area contributed by atoms with Gasteiger partial charge in [-0.1, -0.05) is 152 Å². The molecule has 0 aliphatic carbocycles. The van der Waals surface area contributed by atoms with Crippen molar-refractivity contribution < 1.29 is 17.1 Å². The molecule has 5 heteroatoms. The largest absolute Gasteiger partial charge is 0.456 e. The summed E-state index contributed by atoms with van der Waals surface area (Å²) in [7, 11) is 0. The Morgan fingerprint density at radius 1 is 0.306 bits per heavy atom. The molecule has 0 unspecified atom stereocenters. The third kappa shape index (κ3) is 6.32. The summed E-state index contributed by atoms with van der Waals surface area (Å²) in [4.78, 5) is 15.1. The van der Waals surface area contributed by atoms with Crippen LogP contribution in [0, 0.1) is 0 Å². The Bertz CT molecular complexity index is 3930. The summed E-state index contributed by atoms with van der Waals surface area (Å²) in [5.41, 5.74) is 8.46. The van der Waals surface area contributed by atoms with Gasteiger partial charge in [0.05, 0.1) is 13.8 Å². The van der Waals surface area contributed by atoms with Crippen LogP contribution in [0.1, 0.15) is 8.22 Å². The maximum Gasteiger partial charge on any atom is 0.167 e. The van der Waals surface area contributed by atoms with Crippen molar-refractivity contribution in [2.24, 2.45) is 0 Å². The lowest BCUT2D eigenvalue weighted by Crippen LogP contribution is -2.01. The molecule has 0 fully saturated rings. The first-order valence-electron chi connectivity index (χ1n) is 23.3. The van der Waals surface area contributed by atoms with Crippen molar-refractivity contribution in [2.75, 3.05) is 0 Å². The highest BCUT2D eigenvalue weighted by atomic mass is 16.3. The zero-order chi connectivity index (χ0) is 46.2. The maximum atomic E-state index is 9.74. The second kappa shape index (κ2) is 14.7. The normalized spacial score (nSPS) is 12.9. The number of hydrogen-bond acceptors (Lipinski definition) is 5. The van der Waals surface area contributed by atoms with Crippen molar-refractivity contribution in [3.63, 3.8) is 0 Å². The van der Waals surface area contributed by atoms with Crippen molar-refractivity contribution >= 4 is 43.9 Å². The van der Waals surface area contributed by atoms with Gasteiger partial charge in [-0.05, 0) is 105 Å². The summed E-state index contributed by atoms with van der Waals surface area (Å²) in [5, 5.41) is 1.89. The number of aromatic nitrogens is 3. The number of benzene rings is 9. The lowest BCUT2D eigenvalue weighted by Gasteiger charge is -2.12. The first-order valence-corrected chi connectivity index (χ1v) is 20.3. The van der Waals surface area contributed by atoms with Crippen molar-refractivity contribution in [1.29, 1.82) is 0 Å². The number of para-hydroxylation sites is 2. The van der Waals surface area contributed by atoms with Gasteiger partial charge in [-0.15, -0.1) is 0 Å². The molecular weight excluding hydrogens is 759 g/mol. The molecule has 0 amide bonds. The molecule has 9 aromatic carbocycles. The minimum atomic E-state index is -0.369. The Kier molecular flexibility index (Phi) is 7.05. The summed E-state index contributed by atoms with van der Waals surface area (Å²) in [6.07, 6.45) is 0. The monoisotopic (exact) mass is 799 g/mol. The predicted molar refractivity (Wildman–Crippen MR) is 252 cm³/mol. The fourth-order valence-corrected chi connectivity index (χ4v) is 8.14. The van der Waals surface area contributed by atoms with E-state index in [2.05, 4.69) is 6.07 Å². The zero-order valence-electron chi connectivity index (χ0n) is 38.9. The van der Waals surface area contributed by atoms with Gasteiger partial charge in [0.15, 0.2) is 17.5 Å². The molecule has 0 aliphatic heterocycles. The molecular formula is C57H35N3O2. The molecule has 0 radical (unpaired) electrons. The van der Waals surface area contributed by atoms with Crippen LogP contribution in [0.2, 0.25) is 0 Å². The van der Waals surface area contributed by atoms with Gasteiger partial charge in [-0.3, -0.25) is 0 Å². The van der Waals surface area contributed by atoms with E-state index in [0.717, 1.165) is 44.2 Å². The second-order valence-corrected chi connectivity index (χ2v) is 15.1. The minimum absolute atomic E-state index is 0.0299. The molecule has 290 valence electrons. The highest BCUT2D eigenvalue weighted by Crippen LogP contribution is 2.39. The predicted octanol–water partition coefficient (Wildman–Crippen LogP) is 15.3. The molecule has 3 heterocycles. The molecule has 3 aromatic heterocycles. The van der Waals surface area contributed by atoms with Crippen molar-refractivity contribution in [3.05, 3.63) is 212 Å². The fourth-order valence-electron chi connectivity index (χ4n) is 8.14. The van der Waals surface area contributed by atoms with Gasteiger partial charge < -0.3 is 8.83 Å². The molecule has 5 nitrogen and oxygen atoms in total. The Morgan fingerprint density at radius 2 is 0.839 bits per heavy atom. The van der Waals surface area contributed by atoms with E-state index in [4.69, 9.17) is 25.2 Å². The third-order valence-corrected chi connectivity index (χ3v) is 11.2. The van der Waals surface area contributed by atoms with Gasteiger partial charge in [-0.2, -0.15) is 0 Å². The number of furan rings is 2. The van der Waals surface area contributed by atoms with Crippen molar-refractivity contribution in [2.45, 2.75) is 0 Å². The Labute approximate surface area is 365 Å². The van der Waals surface area contributed by atoms with E-state index in [9.17, 15) is 6.85 Å². The average Bonchev–Trinajstić information content (AvgIpc) is 3.99. The van der Waals surface area contributed by atoms with Gasteiger partial charge in [0, 0.05) is 32.7 Å². The molecule has 12 aromatic rings. The summed E-state index contributed by atoms with van der Waals surface area (Å²) < 4.78 is 69.6. The highest BCUT2D eigenvalue weighted by Gasteiger charge is 2.20. The van der Waals surface area contributed by atoms with E-state index in [0.29, 0.717) is 27.9 Å². The molecule has 0 spiro atoms. The number of fused-ring (bicyclic) bond motifs is 6. The van der Waals surface area contributed by atoms with Gasteiger partial charge in [0.2, 0.25) is 0 Å². The number of nitrogens with zero attached hydrogens (tertiary/aromatic N) is 3. The first kappa shape index (κ1) is 29.7. The molecule has 12 rings (SSSR count). The Hall–Kier alpha value is -8.41. The van der Waals surface area contributed by atoms with Gasteiger partial charge in [0.25, 0.3) is 0 Å². The molecule has 0 saturated heterocycles. The standard InChI is InChI=1S/C57H35N3O2/c1-4-14-36(15-5-1)39-20-12-21-40(30-39)41-27-29-52-50(34-41)47-28-26-42(35-53(47)61-52)55-58-56(60-57(59-55)49-24-13-23-48-46-22-10-11-25-51(46)62-54(48)49)45-32-43(37-16-6-2-7-17-37)31-44(33-45)38-18-8-3-9-19-38/h1-35H/i26D,27D,28D,29D,34D,35D. The smallest absolute Gasteiger partial charge is 0.167 e. The van der Waals surface area contributed by atoms with Crippen LogP contribution < -0.4 is 0 Å². The highest BCUT2D eigenvalue weighted by molar-refractivity contribution is 6.09. The fraction of sp³-hybridized carbons (Fsp3) is 0. The van der Waals surface area contributed by atoms with Gasteiger partial charge in [0.1, 0.15) is 22.3 Å². The van der Waals surface area contributed by atoms with E-state index in [1.165, 1.54) is 0 Å². The van der Waals surface area contributed by atoms with E-state index < -0.39 is 0 Å². The van der Waals surface area contributed by atoms with Crippen LogP contribution in [0.3, 0.4) is 0 Å². The van der Waals surface area contributed by atoms with E-state index in [1.54, 1.807) is 6.07 Å². The summed E-state index contributed by atoms with van der Waals surface area (Å²) >= 11 is 0. The quantitative estimate of drug-likeness (QED) is 0.161. The Morgan fingerprint density at radius 3 is 1.56 bits per heavy atom. The van der Waals surface area contributed by atoms with Crippen molar-refractivity contribution in [1.82, 2.24) is 15.0 Å². The topological polar surface area (TPSA) is 65.0 Å². The van der Waals surface area contributed by atoms with Gasteiger partial charge >= 0.3 is 0 Å². The lowest BCUT2D eigenvalue weighted by atomic mass is 9.96. The van der Waals surface area contributed by atoms with Crippen LogP contribution in [0.25, 0.3) is 123 Å². The van der Waals surface area contributed by atoms with Crippen LogP contribution in [0.5, 0.6) is 0 Å². The number of hydrogen-bond donors (Lipinski definition) is 0. The Balaban J connectivity index is 1.11. The van der Waals surface area contributed by atoms with Crippen LogP contribution in [-0.4, -0.2) is 15.0 Å². The molecule has 62 heavy (non-hydrogen) atoms. The van der Waals surface area contributed by atoms with E-state index in [-0.39, 0.29) is 86.8 Å². The first-order chi connectivity index (χ1) is 33.2.